The van der Waals surface area contributed by atoms with Crippen molar-refractivity contribution in [3.63, 3.8) is 0 Å². The summed E-state index contributed by atoms with van der Waals surface area (Å²) in [6.07, 6.45) is 2.02. The van der Waals surface area contributed by atoms with Crippen LogP contribution in [0.1, 0.15) is 35.6 Å². The summed E-state index contributed by atoms with van der Waals surface area (Å²) in [7, 11) is 0. The molecule has 1 aliphatic rings. The largest absolute Gasteiger partial charge is 0.490 e. The summed E-state index contributed by atoms with van der Waals surface area (Å²) in [5.74, 6) is 0.867. The van der Waals surface area contributed by atoms with Crippen molar-refractivity contribution >= 4 is 11.6 Å². The number of aliphatic hydroxyl groups is 1. The Morgan fingerprint density at radius 3 is 2.50 bits per heavy atom. The summed E-state index contributed by atoms with van der Waals surface area (Å²) in [6, 6.07) is 13.2. The first-order valence-electron chi connectivity index (χ1n) is 6.85. The van der Waals surface area contributed by atoms with Crippen molar-refractivity contribution in [3.05, 3.63) is 64.2 Å². The lowest BCUT2D eigenvalue weighted by atomic mass is 9.97. The van der Waals surface area contributed by atoms with Crippen LogP contribution in [-0.2, 0) is 0 Å². The third-order valence-electron chi connectivity index (χ3n) is 3.63. The molecule has 1 fully saturated rings. The van der Waals surface area contributed by atoms with Crippen LogP contribution < -0.4 is 4.74 Å². The Bertz CT molecular complexity index is 603. The summed E-state index contributed by atoms with van der Waals surface area (Å²) in [5, 5.41) is 11.2. The molecule has 104 valence electrons. The molecule has 2 nitrogen and oxygen atoms in total. The smallest absolute Gasteiger partial charge is 0.119 e. The third kappa shape index (κ3) is 2.82. The zero-order chi connectivity index (χ0) is 14.1. The van der Waals surface area contributed by atoms with Gasteiger partial charge in [0.2, 0.25) is 0 Å². The average Bonchev–Trinajstić information content (AvgIpc) is 3.26. The van der Waals surface area contributed by atoms with E-state index in [4.69, 9.17) is 16.3 Å². The molecule has 0 saturated heterocycles. The molecule has 0 bridgehead atoms. The van der Waals surface area contributed by atoms with E-state index in [0.717, 1.165) is 35.3 Å². The number of halogens is 1. The van der Waals surface area contributed by atoms with Gasteiger partial charge in [0.05, 0.1) is 6.10 Å². The number of benzene rings is 2. The molecule has 0 amide bonds. The lowest BCUT2D eigenvalue weighted by molar-refractivity contribution is 0.219. The van der Waals surface area contributed by atoms with Crippen molar-refractivity contribution in [2.45, 2.75) is 32.0 Å². The van der Waals surface area contributed by atoms with Gasteiger partial charge in [0, 0.05) is 5.02 Å². The van der Waals surface area contributed by atoms with E-state index >= 15 is 0 Å². The van der Waals surface area contributed by atoms with Crippen LogP contribution in [0.5, 0.6) is 5.75 Å². The maximum Gasteiger partial charge on any atom is 0.119 e. The van der Waals surface area contributed by atoms with Crippen LogP contribution >= 0.6 is 11.6 Å². The van der Waals surface area contributed by atoms with Crippen LogP contribution in [0.3, 0.4) is 0 Å². The fraction of sp³-hybridized carbons (Fsp3) is 0.294. The summed E-state index contributed by atoms with van der Waals surface area (Å²) in [5.41, 5.74) is 2.60. The van der Waals surface area contributed by atoms with Crippen LogP contribution in [0.2, 0.25) is 5.02 Å². The van der Waals surface area contributed by atoms with Crippen LogP contribution in [0.4, 0.5) is 0 Å². The molecule has 0 aromatic heterocycles. The molecule has 3 heteroatoms. The molecule has 1 unspecified atom stereocenters. The van der Waals surface area contributed by atoms with Gasteiger partial charge in [-0.1, -0.05) is 35.9 Å². The van der Waals surface area contributed by atoms with Gasteiger partial charge in [0.1, 0.15) is 11.9 Å². The molecule has 2 aromatic rings. The molecular formula is C17H17ClO2. The van der Waals surface area contributed by atoms with Crippen molar-refractivity contribution < 1.29 is 9.84 Å². The molecule has 0 heterocycles. The molecule has 2 aromatic carbocycles. The van der Waals surface area contributed by atoms with Crippen LogP contribution in [-0.4, -0.2) is 11.2 Å². The van der Waals surface area contributed by atoms with Crippen LogP contribution in [0, 0.1) is 6.92 Å². The Labute approximate surface area is 124 Å². The maximum atomic E-state index is 10.5. The van der Waals surface area contributed by atoms with E-state index in [9.17, 15) is 5.11 Å². The quantitative estimate of drug-likeness (QED) is 0.910. The second-order valence-corrected chi connectivity index (χ2v) is 5.65. The normalized spacial score (nSPS) is 15.9. The number of hydrogen-bond acceptors (Lipinski definition) is 2. The van der Waals surface area contributed by atoms with Gasteiger partial charge in [0.15, 0.2) is 0 Å². The van der Waals surface area contributed by atoms with E-state index in [2.05, 4.69) is 0 Å². The van der Waals surface area contributed by atoms with E-state index in [-0.39, 0.29) is 0 Å². The van der Waals surface area contributed by atoms with Gasteiger partial charge < -0.3 is 9.84 Å². The summed E-state index contributed by atoms with van der Waals surface area (Å²) >= 11 is 6.10. The Hall–Kier alpha value is -1.51. The Balaban J connectivity index is 1.82. The summed E-state index contributed by atoms with van der Waals surface area (Å²) < 4.78 is 5.71. The van der Waals surface area contributed by atoms with E-state index in [1.165, 1.54) is 0 Å². The zero-order valence-corrected chi connectivity index (χ0v) is 12.1. The minimum atomic E-state index is -0.663. The first-order valence-corrected chi connectivity index (χ1v) is 7.22. The molecule has 1 saturated carbocycles. The monoisotopic (exact) mass is 288 g/mol. The van der Waals surface area contributed by atoms with E-state index in [0.29, 0.717) is 11.1 Å². The predicted octanol–water partition coefficient (Wildman–Crippen LogP) is 4.27. The summed E-state index contributed by atoms with van der Waals surface area (Å²) in [6.45, 7) is 1.92. The topological polar surface area (TPSA) is 29.5 Å². The fourth-order valence-electron chi connectivity index (χ4n) is 2.21. The second kappa shape index (κ2) is 5.47. The molecule has 20 heavy (non-hydrogen) atoms. The van der Waals surface area contributed by atoms with Gasteiger partial charge in [-0.3, -0.25) is 0 Å². The van der Waals surface area contributed by atoms with Crippen LogP contribution in [0.25, 0.3) is 0 Å². The molecular weight excluding hydrogens is 272 g/mol. The SMILES string of the molecule is Cc1c(Cl)cccc1C(O)c1ccc(OC2CC2)cc1. The van der Waals surface area contributed by atoms with E-state index in [1.54, 1.807) is 0 Å². The van der Waals surface area contributed by atoms with Gasteiger partial charge >= 0.3 is 0 Å². The third-order valence-corrected chi connectivity index (χ3v) is 4.04. The van der Waals surface area contributed by atoms with E-state index in [1.807, 2.05) is 49.4 Å². The lowest BCUT2D eigenvalue weighted by Crippen LogP contribution is -2.03. The number of hydrogen-bond donors (Lipinski definition) is 1. The molecule has 3 rings (SSSR count). The molecule has 0 aliphatic heterocycles. The maximum absolute atomic E-state index is 10.5. The van der Waals surface area contributed by atoms with Crippen molar-refractivity contribution in [2.75, 3.05) is 0 Å². The Morgan fingerprint density at radius 2 is 1.85 bits per heavy atom. The highest BCUT2D eigenvalue weighted by molar-refractivity contribution is 6.31. The summed E-state index contributed by atoms with van der Waals surface area (Å²) in [4.78, 5) is 0. The number of ether oxygens (including phenoxy) is 1. The van der Waals surface area contributed by atoms with Gasteiger partial charge in [-0.25, -0.2) is 0 Å². The molecule has 0 radical (unpaired) electrons. The van der Waals surface area contributed by atoms with Gasteiger partial charge in [-0.05, 0) is 54.7 Å². The van der Waals surface area contributed by atoms with Crippen molar-refractivity contribution in [3.8, 4) is 5.75 Å². The highest BCUT2D eigenvalue weighted by Crippen LogP contribution is 2.31. The number of rotatable bonds is 4. The van der Waals surface area contributed by atoms with Gasteiger partial charge in [-0.15, -0.1) is 0 Å². The second-order valence-electron chi connectivity index (χ2n) is 5.24. The first kappa shape index (κ1) is 13.5. The fourth-order valence-corrected chi connectivity index (χ4v) is 2.39. The van der Waals surface area contributed by atoms with Crippen molar-refractivity contribution in [2.24, 2.45) is 0 Å². The predicted molar refractivity (Wildman–Crippen MR) is 80.3 cm³/mol. The minimum absolute atomic E-state index is 0.390. The van der Waals surface area contributed by atoms with E-state index < -0.39 is 6.10 Å². The highest BCUT2D eigenvalue weighted by atomic mass is 35.5. The molecule has 1 atom stereocenters. The highest BCUT2D eigenvalue weighted by Gasteiger charge is 2.23. The first-order chi connectivity index (χ1) is 9.65. The number of aliphatic hydroxyl groups excluding tert-OH is 1. The Kier molecular flexibility index (Phi) is 3.68. The standard InChI is InChI=1S/C17H17ClO2/c1-11-15(3-2-4-16(11)18)17(19)12-5-7-13(8-6-12)20-14-9-10-14/h2-8,14,17,19H,9-10H2,1H3. The van der Waals surface area contributed by atoms with Gasteiger partial charge in [0.25, 0.3) is 0 Å². The molecule has 1 N–H and O–H groups in total. The zero-order valence-electron chi connectivity index (χ0n) is 11.3. The minimum Gasteiger partial charge on any atom is -0.490 e. The average molecular weight is 289 g/mol. The lowest BCUT2D eigenvalue weighted by Gasteiger charge is -2.15. The van der Waals surface area contributed by atoms with Gasteiger partial charge in [-0.2, -0.15) is 0 Å². The van der Waals surface area contributed by atoms with Crippen molar-refractivity contribution in [1.29, 1.82) is 0 Å². The molecule has 0 spiro atoms. The van der Waals surface area contributed by atoms with Crippen LogP contribution in [0.15, 0.2) is 42.5 Å². The Morgan fingerprint density at radius 1 is 1.15 bits per heavy atom. The van der Waals surface area contributed by atoms with Crippen molar-refractivity contribution in [1.82, 2.24) is 0 Å². The molecule has 1 aliphatic carbocycles.